The van der Waals surface area contributed by atoms with Crippen molar-refractivity contribution < 1.29 is 38.5 Å². The maximum absolute atomic E-state index is 8.88. The van der Waals surface area contributed by atoms with Crippen LogP contribution in [0.4, 0.5) is 0 Å². The fourth-order valence-corrected chi connectivity index (χ4v) is 0. The summed E-state index contributed by atoms with van der Waals surface area (Å²) in [6.45, 7) is 0. The molecule has 0 saturated heterocycles. The Labute approximate surface area is 74.4 Å². The summed E-state index contributed by atoms with van der Waals surface area (Å²) in [5.41, 5.74) is 0. The van der Waals surface area contributed by atoms with E-state index in [2.05, 4.69) is 0 Å². The molecule has 0 amide bonds. The fraction of sp³-hybridized carbons (Fsp3) is 0. The van der Waals surface area contributed by atoms with E-state index in [0.29, 0.717) is 0 Å². The van der Waals surface area contributed by atoms with Crippen LogP contribution in [0.2, 0.25) is 0 Å². The Morgan fingerprint density at radius 1 is 0.667 bits per heavy atom. The summed E-state index contributed by atoms with van der Waals surface area (Å²) in [5.74, 6) is 0. The molecule has 0 aliphatic carbocycles. The third kappa shape index (κ3) is 2320. The van der Waals surface area contributed by atoms with Crippen LogP contribution in [0, 0.1) is 0 Å². The number of phosphoric acid groups is 2. The van der Waals surface area contributed by atoms with Gasteiger partial charge in [-0.25, -0.2) is 9.13 Å². The van der Waals surface area contributed by atoms with Crippen molar-refractivity contribution in [2.75, 3.05) is 0 Å². The molecule has 0 aliphatic rings. The molecule has 0 aromatic carbocycles. The second-order valence-corrected chi connectivity index (χ2v) is 3.08. The van der Waals surface area contributed by atoms with E-state index in [4.69, 9.17) is 38.5 Å². The van der Waals surface area contributed by atoms with E-state index >= 15 is 0 Å². The molecule has 0 saturated carbocycles. The molecular weight excluding hydrogens is 246 g/mol. The van der Waals surface area contributed by atoms with E-state index in [1.165, 1.54) is 19.5 Å². The number of rotatable bonds is 0. The summed E-state index contributed by atoms with van der Waals surface area (Å²) < 4.78 is 17.8. The van der Waals surface area contributed by atoms with Crippen LogP contribution < -0.4 is 0 Å². The van der Waals surface area contributed by atoms with Gasteiger partial charge >= 0.3 is 15.6 Å². The molecule has 0 aromatic rings. The van der Waals surface area contributed by atoms with Crippen molar-refractivity contribution in [2.24, 2.45) is 0 Å². The van der Waals surface area contributed by atoms with E-state index in [9.17, 15) is 0 Å². The first-order chi connectivity index (χ1) is 5.00. The van der Waals surface area contributed by atoms with Crippen LogP contribution >= 0.6 is 15.6 Å². The van der Waals surface area contributed by atoms with Crippen molar-refractivity contribution >= 4 is 35.2 Å². The van der Waals surface area contributed by atoms with Gasteiger partial charge in [0.05, 0.1) is 0 Å². The lowest BCUT2D eigenvalue weighted by molar-refractivity contribution is 0.272. The van der Waals surface area contributed by atoms with E-state index in [0.717, 1.165) is 0 Å². The zero-order valence-electron chi connectivity index (χ0n) is 6.39. The average Bonchev–Trinajstić information content (AvgIpc) is 1.59. The van der Waals surface area contributed by atoms with Crippen molar-refractivity contribution in [3.05, 3.63) is 0 Å². The van der Waals surface area contributed by atoms with Crippen molar-refractivity contribution in [1.82, 2.24) is 0 Å². The van der Waals surface area contributed by atoms with Crippen LogP contribution in [0.15, 0.2) is 0 Å². The van der Waals surface area contributed by atoms with Crippen molar-refractivity contribution in [3.63, 3.8) is 0 Å². The van der Waals surface area contributed by atoms with E-state index < -0.39 is 15.6 Å². The highest BCUT2D eigenvalue weighted by Gasteiger charge is 2.00. The molecule has 8 nitrogen and oxygen atoms in total. The van der Waals surface area contributed by atoms with Crippen molar-refractivity contribution in [3.8, 4) is 0 Å². The Kier molecular flexibility index (Phi) is 12.7. The molecule has 0 heterocycles. The second-order valence-electron chi connectivity index (χ2n) is 1.03. The molecule has 0 unspecified atom stereocenters. The van der Waals surface area contributed by atoms with Crippen LogP contribution in [0.3, 0.4) is 0 Å². The summed E-state index contributed by atoms with van der Waals surface area (Å²) in [7, 11) is -6.39. The monoisotopic (exact) mass is 258 g/mol. The maximum atomic E-state index is 8.88. The molecular formula is H12O8P2Si2. The predicted octanol–water partition coefficient (Wildman–Crippen LogP) is -4.23. The zero-order chi connectivity index (χ0) is 11.0. The molecule has 0 radical (unpaired) electrons. The predicted molar refractivity (Wildman–Crippen MR) is 48.4 cm³/mol. The minimum atomic E-state index is -4.64. The summed E-state index contributed by atoms with van der Waals surface area (Å²) in [4.78, 5) is 43.1. The number of hydrogen-bond donors (Lipinski definition) is 6. The summed E-state index contributed by atoms with van der Waals surface area (Å²) >= 11 is 0. The first-order valence-electron chi connectivity index (χ1n) is 2.57. The molecule has 6 N–H and O–H groups in total. The number of hydrogen-bond acceptors (Lipinski definition) is 2. The Balaban J connectivity index is -0.000000112. The highest BCUT2D eigenvalue weighted by molar-refractivity contribution is 7.45. The van der Waals surface area contributed by atoms with E-state index in [1.807, 2.05) is 0 Å². The van der Waals surface area contributed by atoms with Crippen molar-refractivity contribution in [1.29, 1.82) is 0 Å². The third-order valence-corrected chi connectivity index (χ3v) is 0. The Morgan fingerprint density at radius 2 is 0.667 bits per heavy atom. The lowest BCUT2D eigenvalue weighted by Gasteiger charge is -1.82. The largest absolute Gasteiger partial charge is 0.466 e. The zero-order valence-corrected chi connectivity index (χ0v) is 12.2. The van der Waals surface area contributed by atoms with Gasteiger partial charge in [0, 0.05) is 0 Å². The topological polar surface area (TPSA) is 156 Å². The van der Waals surface area contributed by atoms with E-state index in [-0.39, 0.29) is 0 Å². The standard InChI is InChI=1S/2H3O4P.H6Si2/c2*1-5(2,3)4;1-2/h2*(H3,1,2,3,4);1-2H3. The van der Waals surface area contributed by atoms with Gasteiger partial charge in [0.2, 0.25) is 0 Å². The van der Waals surface area contributed by atoms with Crippen LogP contribution in [-0.2, 0) is 9.13 Å². The minimum Gasteiger partial charge on any atom is -0.303 e. The average molecular weight is 258 g/mol. The molecule has 0 atom stereocenters. The normalized spacial score (nSPS) is 10.8. The van der Waals surface area contributed by atoms with Gasteiger partial charge in [-0.1, -0.05) is 0 Å². The second kappa shape index (κ2) is 8.26. The summed E-state index contributed by atoms with van der Waals surface area (Å²) in [5, 5.41) is 0. The van der Waals surface area contributed by atoms with Gasteiger partial charge in [-0.15, -0.1) is 0 Å². The molecule has 0 rings (SSSR count). The lowest BCUT2D eigenvalue weighted by atomic mass is 15.8. The Bertz CT molecular complexity index is 127. The van der Waals surface area contributed by atoms with Gasteiger partial charge in [-0.3, -0.25) is 0 Å². The van der Waals surface area contributed by atoms with Crippen LogP contribution in [-0.4, -0.2) is 48.9 Å². The van der Waals surface area contributed by atoms with Gasteiger partial charge < -0.3 is 29.4 Å². The maximum Gasteiger partial charge on any atom is 0.466 e. The summed E-state index contributed by atoms with van der Waals surface area (Å²) in [6, 6.07) is 0. The molecule has 12 heteroatoms. The molecule has 0 spiro atoms. The quantitative estimate of drug-likeness (QED) is 0.188. The van der Waals surface area contributed by atoms with Gasteiger partial charge in [-0.2, -0.15) is 0 Å². The molecule has 0 aliphatic heterocycles. The Hall–Kier alpha value is 0.654. The highest BCUT2D eigenvalue weighted by atomic mass is 31.2. The third-order valence-electron chi connectivity index (χ3n) is 0. The van der Waals surface area contributed by atoms with E-state index in [1.54, 1.807) is 0 Å². The molecule has 0 fully saturated rings. The van der Waals surface area contributed by atoms with Gasteiger partial charge in [0.15, 0.2) is 0 Å². The van der Waals surface area contributed by atoms with Gasteiger partial charge in [0.1, 0.15) is 0 Å². The summed E-state index contributed by atoms with van der Waals surface area (Å²) in [6.07, 6.45) is 0. The molecule has 12 heavy (non-hydrogen) atoms. The first kappa shape index (κ1) is 18.4. The lowest BCUT2D eigenvalue weighted by Crippen LogP contribution is -1.66. The SMILES string of the molecule is O=P(O)(O)O.O=P(O)(O)O.[SiH3][SiH3]. The highest BCUT2D eigenvalue weighted by Crippen LogP contribution is 2.26. The van der Waals surface area contributed by atoms with Crippen molar-refractivity contribution in [2.45, 2.75) is 0 Å². The first-order valence-corrected chi connectivity index (χ1v) is 13.7. The van der Waals surface area contributed by atoms with Gasteiger partial charge in [-0.05, 0) is 19.5 Å². The van der Waals surface area contributed by atoms with Crippen LogP contribution in [0.25, 0.3) is 0 Å². The van der Waals surface area contributed by atoms with Gasteiger partial charge in [0.25, 0.3) is 0 Å². The smallest absolute Gasteiger partial charge is 0.303 e. The van der Waals surface area contributed by atoms with Crippen LogP contribution in [0.5, 0.6) is 0 Å². The minimum absolute atomic E-state index is 1.44. The molecule has 0 bridgehead atoms. The molecule has 0 aromatic heterocycles. The molecule has 78 valence electrons. The Morgan fingerprint density at radius 3 is 0.667 bits per heavy atom. The fourth-order valence-electron chi connectivity index (χ4n) is 0. The van der Waals surface area contributed by atoms with Crippen LogP contribution in [0.1, 0.15) is 0 Å².